The molecular weight excluding hydrogens is 261 g/mol. The molecule has 20 heavy (non-hydrogen) atoms. The zero-order chi connectivity index (χ0) is 14.5. The molecule has 1 aliphatic rings. The van der Waals surface area contributed by atoms with E-state index in [2.05, 4.69) is 4.90 Å². The Labute approximate surface area is 117 Å². The molecule has 0 bridgehead atoms. The van der Waals surface area contributed by atoms with Crippen molar-refractivity contribution in [2.45, 2.75) is 38.3 Å². The molecular formula is C15H20FNO3. The summed E-state index contributed by atoms with van der Waals surface area (Å²) in [6, 6.07) is 4.34. The van der Waals surface area contributed by atoms with E-state index in [1.807, 2.05) is 0 Å². The Morgan fingerprint density at radius 2 is 2.15 bits per heavy atom. The molecule has 110 valence electrons. The van der Waals surface area contributed by atoms with Crippen LogP contribution in [0, 0.1) is 5.82 Å². The van der Waals surface area contributed by atoms with E-state index in [-0.39, 0.29) is 18.2 Å². The average Bonchev–Trinajstić information content (AvgIpc) is 2.63. The molecule has 2 rings (SSSR count). The summed E-state index contributed by atoms with van der Waals surface area (Å²) in [5, 5.41) is 18.3. The fourth-order valence-corrected chi connectivity index (χ4v) is 2.72. The van der Waals surface area contributed by atoms with Gasteiger partial charge in [0.15, 0.2) is 0 Å². The molecule has 0 radical (unpaired) electrons. The van der Waals surface area contributed by atoms with E-state index in [0.717, 1.165) is 37.8 Å². The first kappa shape index (κ1) is 14.9. The standard InChI is InChI=1S/C15H20FNO3/c16-14-8-11(5-6-13(14)15(19)20)9-17-7-3-1-2-4-12(17)10-18/h5-6,8,12,18H,1-4,7,9-10H2,(H,19,20). The van der Waals surface area contributed by atoms with Gasteiger partial charge in [0.1, 0.15) is 5.82 Å². The minimum atomic E-state index is -1.25. The quantitative estimate of drug-likeness (QED) is 0.888. The number of hydrogen-bond acceptors (Lipinski definition) is 3. The Morgan fingerprint density at radius 3 is 2.80 bits per heavy atom. The Bertz CT molecular complexity index is 478. The third-order valence-electron chi connectivity index (χ3n) is 3.86. The van der Waals surface area contributed by atoms with Crippen LogP contribution in [0.5, 0.6) is 0 Å². The van der Waals surface area contributed by atoms with Gasteiger partial charge in [0.25, 0.3) is 0 Å². The summed E-state index contributed by atoms with van der Waals surface area (Å²) in [7, 11) is 0. The maximum absolute atomic E-state index is 13.7. The predicted octanol–water partition coefficient (Wildman–Crippen LogP) is 2.26. The zero-order valence-electron chi connectivity index (χ0n) is 11.4. The molecule has 1 aliphatic heterocycles. The molecule has 0 saturated carbocycles. The van der Waals surface area contributed by atoms with Crippen LogP contribution in [0.1, 0.15) is 41.6 Å². The summed E-state index contributed by atoms with van der Waals surface area (Å²) in [4.78, 5) is 12.9. The van der Waals surface area contributed by atoms with E-state index in [1.54, 1.807) is 6.07 Å². The van der Waals surface area contributed by atoms with Gasteiger partial charge in [-0.2, -0.15) is 0 Å². The van der Waals surface area contributed by atoms with Gasteiger partial charge in [-0.05, 0) is 37.1 Å². The van der Waals surface area contributed by atoms with Gasteiger partial charge in [0.05, 0.1) is 12.2 Å². The Hall–Kier alpha value is -1.46. The van der Waals surface area contributed by atoms with Gasteiger partial charge in [-0.25, -0.2) is 9.18 Å². The van der Waals surface area contributed by atoms with Crippen molar-refractivity contribution in [3.8, 4) is 0 Å². The summed E-state index contributed by atoms with van der Waals surface area (Å²) in [5.74, 6) is -1.96. The van der Waals surface area contributed by atoms with Crippen LogP contribution in [0.15, 0.2) is 18.2 Å². The number of aromatic carboxylic acids is 1. The van der Waals surface area contributed by atoms with Crippen LogP contribution in [0.3, 0.4) is 0 Å². The summed E-state index contributed by atoms with van der Waals surface area (Å²) in [6.07, 6.45) is 4.28. The van der Waals surface area contributed by atoms with Crippen molar-refractivity contribution in [3.05, 3.63) is 35.1 Å². The number of nitrogens with zero attached hydrogens (tertiary/aromatic N) is 1. The number of hydrogen-bond donors (Lipinski definition) is 2. The smallest absolute Gasteiger partial charge is 0.338 e. The lowest BCUT2D eigenvalue weighted by Gasteiger charge is -2.28. The van der Waals surface area contributed by atoms with Gasteiger partial charge in [-0.1, -0.05) is 18.9 Å². The maximum atomic E-state index is 13.7. The largest absolute Gasteiger partial charge is 0.478 e. The van der Waals surface area contributed by atoms with Crippen LogP contribution >= 0.6 is 0 Å². The third kappa shape index (κ3) is 3.55. The Kier molecular flexibility index (Phi) is 5.09. The lowest BCUT2D eigenvalue weighted by molar-refractivity contribution is 0.0692. The first-order valence-corrected chi connectivity index (χ1v) is 6.98. The topological polar surface area (TPSA) is 60.8 Å². The van der Waals surface area contributed by atoms with E-state index >= 15 is 0 Å². The SMILES string of the molecule is O=C(O)c1ccc(CN2CCCCCC2CO)cc1F. The second kappa shape index (κ2) is 6.81. The number of aliphatic hydroxyl groups excluding tert-OH is 1. The van der Waals surface area contributed by atoms with Crippen molar-refractivity contribution in [3.63, 3.8) is 0 Å². The molecule has 0 spiro atoms. The highest BCUT2D eigenvalue weighted by atomic mass is 19.1. The molecule has 1 saturated heterocycles. The lowest BCUT2D eigenvalue weighted by atomic mass is 10.1. The highest BCUT2D eigenvalue weighted by Gasteiger charge is 2.21. The molecule has 1 atom stereocenters. The number of likely N-dealkylation sites (tertiary alicyclic amines) is 1. The van der Waals surface area contributed by atoms with Crippen molar-refractivity contribution in [1.82, 2.24) is 4.90 Å². The van der Waals surface area contributed by atoms with E-state index in [0.29, 0.717) is 6.54 Å². The number of rotatable bonds is 4. The third-order valence-corrected chi connectivity index (χ3v) is 3.86. The monoisotopic (exact) mass is 281 g/mol. The van der Waals surface area contributed by atoms with E-state index in [4.69, 9.17) is 5.11 Å². The second-order valence-corrected chi connectivity index (χ2v) is 5.28. The van der Waals surface area contributed by atoms with E-state index in [1.165, 1.54) is 12.1 Å². The molecule has 4 nitrogen and oxygen atoms in total. The first-order valence-electron chi connectivity index (χ1n) is 6.98. The maximum Gasteiger partial charge on any atom is 0.338 e. The van der Waals surface area contributed by atoms with Crippen LogP contribution in [0.2, 0.25) is 0 Å². The van der Waals surface area contributed by atoms with Gasteiger partial charge in [-0.15, -0.1) is 0 Å². The molecule has 0 aliphatic carbocycles. The lowest BCUT2D eigenvalue weighted by Crippen LogP contribution is -2.36. The minimum absolute atomic E-state index is 0.107. The molecule has 0 aromatic heterocycles. The Morgan fingerprint density at radius 1 is 1.35 bits per heavy atom. The van der Waals surface area contributed by atoms with E-state index < -0.39 is 11.8 Å². The van der Waals surface area contributed by atoms with Gasteiger partial charge in [-0.3, -0.25) is 4.90 Å². The van der Waals surface area contributed by atoms with Crippen molar-refractivity contribution >= 4 is 5.97 Å². The molecule has 5 heteroatoms. The highest BCUT2D eigenvalue weighted by molar-refractivity contribution is 5.87. The molecule has 1 fully saturated rings. The van der Waals surface area contributed by atoms with Crippen LogP contribution < -0.4 is 0 Å². The Balaban J connectivity index is 2.11. The molecule has 1 unspecified atom stereocenters. The fourth-order valence-electron chi connectivity index (χ4n) is 2.72. The van der Waals surface area contributed by atoms with Crippen LogP contribution in [-0.2, 0) is 6.54 Å². The number of aliphatic hydroxyl groups is 1. The molecule has 1 aromatic rings. The van der Waals surface area contributed by atoms with Crippen molar-refractivity contribution < 1.29 is 19.4 Å². The number of carboxylic acid groups (broad SMARTS) is 1. The first-order chi connectivity index (χ1) is 9.61. The summed E-state index contributed by atoms with van der Waals surface area (Å²) < 4.78 is 13.7. The predicted molar refractivity (Wildman–Crippen MR) is 73.1 cm³/mol. The molecule has 1 heterocycles. The van der Waals surface area contributed by atoms with Crippen LogP contribution in [0.25, 0.3) is 0 Å². The summed E-state index contributed by atoms with van der Waals surface area (Å²) in [5.41, 5.74) is 0.441. The van der Waals surface area contributed by atoms with Crippen LogP contribution in [-0.4, -0.2) is 40.3 Å². The number of carbonyl (C=O) groups is 1. The van der Waals surface area contributed by atoms with Gasteiger partial charge < -0.3 is 10.2 Å². The van der Waals surface area contributed by atoms with Crippen LogP contribution in [0.4, 0.5) is 4.39 Å². The highest BCUT2D eigenvalue weighted by Crippen LogP contribution is 2.20. The van der Waals surface area contributed by atoms with Gasteiger partial charge in [0, 0.05) is 12.6 Å². The number of carboxylic acids is 1. The fraction of sp³-hybridized carbons (Fsp3) is 0.533. The van der Waals surface area contributed by atoms with Crippen molar-refractivity contribution in [2.75, 3.05) is 13.2 Å². The second-order valence-electron chi connectivity index (χ2n) is 5.28. The number of benzene rings is 1. The van der Waals surface area contributed by atoms with Crippen molar-refractivity contribution in [1.29, 1.82) is 0 Å². The summed E-state index contributed by atoms with van der Waals surface area (Å²) >= 11 is 0. The molecule has 0 amide bonds. The molecule has 1 aromatic carbocycles. The molecule has 2 N–H and O–H groups in total. The summed E-state index contributed by atoms with van der Waals surface area (Å²) in [6.45, 7) is 1.53. The van der Waals surface area contributed by atoms with Gasteiger partial charge >= 0.3 is 5.97 Å². The van der Waals surface area contributed by atoms with Gasteiger partial charge in [0.2, 0.25) is 0 Å². The zero-order valence-corrected chi connectivity index (χ0v) is 11.4. The van der Waals surface area contributed by atoms with E-state index in [9.17, 15) is 14.3 Å². The van der Waals surface area contributed by atoms with Crippen molar-refractivity contribution in [2.24, 2.45) is 0 Å². The normalized spacial score (nSPS) is 20.6. The number of halogens is 1. The average molecular weight is 281 g/mol. The minimum Gasteiger partial charge on any atom is -0.478 e.